The Morgan fingerprint density at radius 1 is 1.45 bits per heavy atom. The maximum absolute atomic E-state index is 10.3. The Bertz CT molecular complexity index is 323. The molecule has 1 rings (SSSR count). The molecule has 1 aromatic rings. The number of carbonyl (C=O) groups excluding carboxylic acids is 1. The van der Waals surface area contributed by atoms with Gasteiger partial charge < -0.3 is 5.73 Å². The Morgan fingerprint density at radius 3 is 2.73 bits per heavy atom. The first-order chi connectivity index (χ1) is 5.26. The van der Waals surface area contributed by atoms with E-state index in [9.17, 15) is 4.79 Å². The fraction of sp³-hybridized carbons (Fsp3) is 0. The van der Waals surface area contributed by atoms with Crippen molar-refractivity contribution in [3.63, 3.8) is 0 Å². The zero-order chi connectivity index (χ0) is 8.27. The van der Waals surface area contributed by atoms with Gasteiger partial charge in [0, 0.05) is 16.8 Å². The number of aldehydes is 1. The van der Waals surface area contributed by atoms with Gasteiger partial charge in [-0.15, -0.1) is 6.42 Å². The molecule has 2 nitrogen and oxygen atoms in total. The third-order valence-corrected chi connectivity index (χ3v) is 1.28. The molecule has 0 aliphatic heterocycles. The fourth-order valence-corrected chi connectivity index (χ4v) is 0.828. The van der Waals surface area contributed by atoms with E-state index < -0.39 is 0 Å². The van der Waals surface area contributed by atoms with Crippen LogP contribution in [-0.2, 0) is 0 Å². The van der Waals surface area contributed by atoms with Gasteiger partial charge in [-0.25, -0.2) is 0 Å². The van der Waals surface area contributed by atoms with E-state index in [4.69, 9.17) is 12.2 Å². The van der Waals surface area contributed by atoms with Gasteiger partial charge >= 0.3 is 0 Å². The summed E-state index contributed by atoms with van der Waals surface area (Å²) in [5.74, 6) is 2.40. The summed E-state index contributed by atoms with van der Waals surface area (Å²) in [4.78, 5) is 10.3. The molecule has 0 heterocycles. The molecule has 11 heavy (non-hydrogen) atoms. The number of nitrogen functional groups attached to an aromatic ring is 1. The number of carbonyl (C=O) groups is 1. The van der Waals surface area contributed by atoms with Gasteiger partial charge in [0.1, 0.15) is 6.29 Å². The standard InChI is InChI=1S/C9H7NO/c1-2-7-3-8(6-11)5-9(10)4-7/h1,3-6H,10H2. The predicted molar refractivity (Wildman–Crippen MR) is 44.2 cm³/mol. The number of hydrogen-bond donors (Lipinski definition) is 1. The van der Waals surface area contributed by atoms with Crippen LogP contribution in [0.5, 0.6) is 0 Å². The topological polar surface area (TPSA) is 43.1 Å². The molecule has 0 spiro atoms. The highest BCUT2D eigenvalue weighted by Gasteiger charge is 1.94. The van der Waals surface area contributed by atoms with E-state index >= 15 is 0 Å². The number of benzene rings is 1. The molecule has 0 aliphatic carbocycles. The second-order valence-electron chi connectivity index (χ2n) is 2.15. The third-order valence-electron chi connectivity index (χ3n) is 1.28. The van der Waals surface area contributed by atoms with Crippen molar-refractivity contribution in [2.24, 2.45) is 0 Å². The van der Waals surface area contributed by atoms with E-state index in [1.165, 1.54) is 0 Å². The largest absolute Gasteiger partial charge is 0.399 e. The summed E-state index contributed by atoms with van der Waals surface area (Å²) in [5, 5.41) is 0. The minimum absolute atomic E-state index is 0.512. The highest BCUT2D eigenvalue weighted by molar-refractivity contribution is 5.77. The van der Waals surface area contributed by atoms with E-state index in [-0.39, 0.29) is 0 Å². The van der Waals surface area contributed by atoms with E-state index in [2.05, 4.69) is 5.92 Å². The number of nitrogens with two attached hydrogens (primary N) is 1. The van der Waals surface area contributed by atoms with Gasteiger partial charge in [-0.05, 0) is 18.2 Å². The molecule has 0 atom stereocenters. The van der Waals surface area contributed by atoms with E-state index in [1.807, 2.05) is 0 Å². The quantitative estimate of drug-likeness (QED) is 0.365. The third kappa shape index (κ3) is 1.59. The fourth-order valence-electron chi connectivity index (χ4n) is 0.828. The smallest absolute Gasteiger partial charge is 0.150 e. The van der Waals surface area contributed by atoms with Gasteiger partial charge in [-0.2, -0.15) is 0 Å². The van der Waals surface area contributed by atoms with Crippen LogP contribution < -0.4 is 5.73 Å². The lowest BCUT2D eigenvalue weighted by molar-refractivity contribution is 0.112. The van der Waals surface area contributed by atoms with Crippen molar-refractivity contribution in [2.75, 3.05) is 5.73 Å². The van der Waals surface area contributed by atoms with Crippen LogP contribution in [-0.4, -0.2) is 6.29 Å². The normalized spacial score (nSPS) is 8.64. The van der Waals surface area contributed by atoms with Gasteiger partial charge in [-0.3, -0.25) is 4.79 Å². The second kappa shape index (κ2) is 2.89. The van der Waals surface area contributed by atoms with Crippen LogP contribution >= 0.6 is 0 Å². The van der Waals surface area contributed by atoms with Crippen LogP contribution in [0.1, 0.15) is 15.9 Å². The van der Waals surface area contributed by atoms with Gasteiger partial charge in [0.05, 0.1) is 0 Å². The SMILES string of the molecule is C#Cc1cc(N)cc(C=O)c1. The summed E-state index contributed by atoms with van der Waals surface area (Å²) in [6.07, 6.45) is 5.84. The average Bonchev–Trinajstić information content (AvgIpc) is 2.03. The predicted octanol–water partition coefficient (Wildman–Crippen LogP) is 1.06. The van der Waals surface area contributed by atoms with Crippen molar-refractivity contribution >= 4 is 12.0 Å². The molecule has 0 unspecified atom stereocenters. The molecular formula is C9H7NO. The lowest BCUT2D eigenvalue weighted by Gasteiger charge is -1.95. The molecular weight excluding hydrogens is 138 g/mol. The highest BCUT2D eigenvalue weighted by Crippen LogP contribution is 2.08. The van der Waals surface area contributed by atoms with E-state index in [1.54, 1.807) is 18.2 Å². The maximum atomic E-state index is 10.3. The van der Waals surface area contributed by atoms with Gasteiger partial charge in [0.25, 0.3) is 0 Å². The monoisotopic (exact) mass is 145 g/mol. The molecule has 0 radical (unpaired) electrons. The molecule has 2 N–H and O–H groups in total. The summed E-state index contributed by atoms with van der Waals surface area (Å²) < 4.78 is 0. The molecule has 0 saturated heterocycles. The minimum Gasteiger partial charge on any atom is -0.399 e. The lowest BCUT2D eigenvalue weighted by Crippen LogP contribution is -1.89. The first kappa shape index (κ1) is 7.36. The van der Waals surface area contributed by atoms with Crippen LogP contribution in [0.4, 0.5) is 5.69 Å². The summed E-state index contributed by atoms with van der Waals surface area (Å²) in [7, 11) is 0. The molecule has 2 heteroatoms. The summed E-state index contributed by atoms with van der Waals surface area (Å²) in [5.41, 5.74) is 7.12. The van der Waals surface area contributed by atoms with Crippen LogP contribution in [0.25, 0.3) is 0 Å². The van der Waals surface area contributed by atoms with Crippen LogP contribution in [0.3, 0.4) is 0 Å². The molecule has 0 aliphatic rings. The second-order valence-corrected chi connectivity index (χ2v) is 2.15. The van der Waals surface area contributed by atoms with Crippen molar-refractivity contribution in [1.82, 2.24) is 0 Å². The molecule has 0 bridgehead atoms. The zero-order valence-electron chi connectivity index (χ0n) is 5.87. The Balaban J connectivity index is 3.25. The Morgan fingerprint density at radius 2 is 2.18 bits per heavy atom. The van der Waals surface area contributed by atoms with E-state index in [0.717, 1.165) is 6.29 Å². The van der Waals surface area contributed by atoms with Gasteiger partial charge in [0.2, 0.25) is 0 Å². The van der Waals surface area contributed by atoms with Crippen molar-refractivity contribution in [2.45, 2.75) is 0 Å². The van der Waals surface area contributed by atoms with Crippen molar-refractivity contribution in [3.05, 3.63) is 29.3 Å². The Labute approximate surface area is 65.0 Å². The van der Waals surface area contributed by atoms with Gasteiger partial charge in [-0.1, -0.05) is 5.92 Å². The maximum Gasteiger partial charge on any atom is 0.150 e. The molecule has 0 amide bonds. The molecule has 0 aromatic heterocycles. The summed E-state index contributed by atoms with van der Waals surface area (Å²) in [6.45, 7) is 0. The summed E-state index contributed by atoms with van der Waals surface area (Å²) >= 11 is 0. The van der Waals surface area contributed by atoms with Crippen LogP contribution in [0.15, 0.2) is 18.2 Å². The zero-order valence-corrected chi connectivity index (χ0v) is 5.87. The average molecular weight is 145 g/mol. The molecule has 0 fully saturated rings. The van der Waals surface area contributed by atoms with E-state index in [0.29, 0.717) is 16.8 Å². The number of rotatable bonds is 1. The summed E-state index contributed by atoms with van der Waals surface area (Å²) in [6, 6.07) is 4.84. The van der Waals surface area contributed by atoms with Crippen LogP contribution in [0.2, 0.25) is 0 Å². The van der Waals surface area contributed by atoms with Crippen LogP contribution in [0, 0.1) is 12.3 Å². The molecule has 1 aromatic carbocycles. The lowest BCUT2D eigenvalue weighted by atomic mass is 10.1. The first-order valence-electron chi connectivity index (χ1n) is 3.08. The Kier molecular flexibility index (Phi) is 1.93. The number of terminal acetylenes is 1. The van der Waals surface area contributed by atoms with Crippen molar-refractivity contribution in [3.8, 4) is 12.3 Å². The minimum atomic E-state index is 0.512. The van der Waals surface area contributed by atoms with Gasteiger partial charge in [0.15, 0.2) is 0 Å². The highest BCUT2D eigenvalue weighted by atomic mass is 16.1. The molecule has 0 saturated carbocycles. The Hall–Kier alpha value is -1.75. The number of hydrogen-bond acceptors (Lipinski definition) is 2. The first-order valence-corrected chi connectivity index (χ1v) is 3.08. The number of anilines is 1. The van der Waals surface area contributed by atoms with Crippen molar-refractivity contribution in [1.29, 1.82) is 0 Å². The molecule has 54 valence electrons. The van der Waals surface area contributed by atoms with Crippen molar-refractivity contribution < 1.29 is 4.79 Å².